The number of nitrogens with one attached hydrogen (secondary N) is 1. The normalized spacial score (nSPS) is 29.6. The monoisotopic (exact) mass is 304 g/mol. The number of rotatable bonds is 3. The van der Waals surface area contributed by atoms with Crippen LogP contribution in [0.5, 0.6) is 0 Å². The van der Waals surface area contributed by atoms with Gasteiger partial charge < -0.3 is 10.2 Å². The van der Waals surface area contributed by atoms with Crippen molar-refractivity contribution in [1.82, 2.24) is 10.2 Å². The van der Waals surface area contributed by atoms with Crippen molar-refractivity contribution in [3.05, 3.63) is 35.9 Å². The Hall–Kier alpha value is -1.49. The summed E-state index contributed by atoms with van der Waals surface area (Å²) in [5.41, 5.74) is -0.101. The first kappa shape index (κ1) is 14.4. The predicted molar refractivity (Wildman–Crippen MR) is 83.9 cm³/mol. The van der Waals surface area contributed by atoms with Gasteiger partial charge in [0.2, 0.25) is 5.91 Å². The molecule has 0 aliphatic carbocycles. The summed E-state index contributed by atoms with van der Waals surface area (Å²) in [5, 5.41) is 2.88. The standard InChI is InChI=1S/C16H20N2O2S/c1-16(13-5-3-2-4-6-13)15(20)18(10-14(19)17-16)9-12-7-8-21-11-12/h2-6,12H,7-11H2,1H3,(H,17,19). The van der Waals surface area contributed by atoms with Gasteiger partial charge in [0.05, 0.1) is 6.54 Å². The number of piperazine rings is 1. The number of carbonyl (C=O) groups is 2. The molecule has 2 fully saturated rings. The maximum absolute atomic E-state index is 12.9. The third-order valence-electron chi connectivity index (χ3n) is 4.29. The van der Waals surface area contributed by atoms with Crippen molar-refractivity contribution in [3.63, 3.8) is 0 Å². The van der Waals surface area contributed by atoms with Crippen LogP contribution in [0.2, 0.25) is 0 Å². The van der Waals surface area contributed by atoms with Gasteiger partial charge >= 0.3 is 0 Å². The first-order chi connectivity index (χ1) is 10.1. The van der Waals surface area contributed by atoms with Crippen molar-refractivity contribution >= 4 is 23.6 Å². The zero-order valence-corrected chi connectivity index (χ0v) is 13.0. The van der Waals surface area contributed by atoms with Gasteiger partial charge in [0, 0.05) is 6.54 Å². The second-order valence-corrected chi connectivity index (χ2v) is 7.10. The fraction of sp³-hybridized carbons (Fsp3) is 0.500. The van der Waals surface area contributed by atoms with E-state index in [4.69, 9.17) is 0 Å². The Balaban J connectivity index is 1.84. The molecule has 0 spiro atoms. The van der Waals surface area contributed by atoms with Crippen molar-refractivity contribution in [1.29, 1.82) is 0 Å². The molecule has 21 heavy (non-hydrogen) atoms. The number of hydrogen-bond acceptors (Lipinski definition) is 3. The summed E-state index contributed by atoms with van der Waals surface area (Å²) in [6.07, 6.45) is 1.14. The molecule has 112 valence electrons. The third kappa shape index (κ3) is 2.79. The molecule has 2 saturated heterocycles. The van der Waals surface area contributed by atoms with E-state index >= 15 is 0 Å². The Bertz CT molecular complexity index is 542. The van der Waals surface area contributed by atoms with E-state index in [1.807, 2.05) is 42.1 Å². The molecule has 2 aliphatic heterocycles. The molecule has 0 saturated carbocycles. The van der Waals surface area contributed by atoms with Crippen LogP contribution in [0.1, 0.15) is 18.9 Å². The number of amides is 2. The zero-order chi connectivity index (χ0) is 14.9. The lowest BCUT2D eigenvalue weighted by molar-refractivity contribution is -0.150. The molecule has 2 amide bonds. The molecular weight excluding hydrogens is 284 g/mol. The van der Waals surface area contributed by atoms with Gasteiger partial charge in [-0.2, -0.15) is 11.8 Å². The highest BCUT2D eigenvalue weighted by molar-refractivity contribution is 7.99. The average molecular weight is 304 g/mol. The highest BCUT2D eigenvalue weighted by Gasteiger charge is 2.44. The summed E-state index contributed by atoms with van der Waals surface area (Å²) in [5.74, 6) is 2.70. The van der Waals surface area contributed by atoms with Gasteiger partial charge in [0.15, 0.2) is 0 Å². The van der Waals surface area contributed by atoms with Gasteiger partial charge in [-0.1, -0.05) is 30.3 Å². The molecule has 0 radical (unpaired) electrons. The topological polar surface area (TPSA) is 49.4 Å². The smallest absolute Gasteiger partial charge is 0.253 e. The van der Waals surface area contributed by atoms with Gasteiger partial charge in [-0.15, -0.1) is 0 Å². The van der Waals surface area contributed by atoms with E-state index in [2.05, 4.69) is 5.32 Å². The second kappa shape index (κ2) is 5.72. The van der Waals surface area contributed by atoms with Crippen LogP contribution in [0.25, 0.3) is 0 Å². The molecule has 2 aliphatic rings. The molecule has 2 atom stereocenters. The minimum Gasteiger partial charge on any atom is -0.337 e. The molecule has 2 unspecified atom stereocenters. The highest BCUT2D eigenvalue weighted by Crippen LogP contribution is 2.29. The van der Waals surface area contributed by atoms with E-state index in [1.165, 1.54) is 0 Å². The molecule has 2 heterocycles. The number of carbonyl (C=O) groups excluding carboxylic acids is 2. The van der Waals surface area contributed by atoms with Crippen LogP contribution in [0.3, 0.4) is 0 Å². The lowest BCUT2D eigenvalue weighted by Gasteiger charge is -2.40. The number of benzene rings is 1. The van der Waals surface area contributed by atoms with Crippen molar-refractivity contribution < 1.29 is 9.59 Å². The van der Waals surface area contributed by atoms with Crippen molar-refractivity contribution in [3.8, 4) is 0 Å². The van der Waals surface area contributed by atoms with Crippen LogP contribution in [0.15, 0.2) is 30.3 Å². The fourth-order valence-electron chi connectivity index (χ4n) is 3.09. The van der Waals surface area contributed by atoms with Gasteiger partial charge in [-0.05, 0) is 36.3 Å². The quantitative estimate of drug-likeness (QED) is 0.923. The maximum Gasteiger partial charge on any atom is 0.253 e. The Labute approximate surface area is 129 Å². The molecule has 1 N–H and O–H groups in total. The van der Waals surface area contributed by atoms with Crippen LogP contribution in [0, 0.1) is 5.92 Å². The summed E-state index contributed by atoms with van der Waals surface area (Å²) in [6.45, 7) is 2.68. The van der Waals surface area contributed by atoms with Crippen molar-refractivity contribution in [2.45, 2.75) is 18.9 Å². The molecular formula is C16H20N2O2S. The first-order valence-corrected chi connectivity index (χ1v) is 8.49. The van der Waals surface area contributed by atoms with Crippen LogP contribution >= 0.6 is 11.8 Å². The molecule has 0 bridgehead atoms. The molecule has 4 nitrogen and oxygen atoms in total. The lowest BCUT2D eigenvalue weighted by Crippen LogP contribution is -2.63. The first-order valence-electron chi connectivity index (χ1n) is 7.33. The van der Waals surface area contributed by atoms with E-state index in [9.17, 15) is 9.59 Å². The fourth-order valence-corrected chi connectivity index (χ4v) is 4.36. The molecule has 1 aromatic carbocycles. The summed E-state index contributed by atoms with van der Waals surface area (Å²) in [6, 6.07) is 9.49. The Morgan fingerprint density at radius 2 is 2.10 bits per heavy atom. The summed E-state index contributed by atoms with van der Waals surface area (Å²) in [7, 11) is 0. The predicted octanol–water partition coefficient (Wildman–Crippen LogP) is 1.61. The number of hydrogen-bond donors (Lipinski definition) is 1. The second-order valence-electron chi connectivity index (χ2n) is 5.95. The van der Waals surface area contributed by atoms with E-state index in [-0.39, 0.29) is 18.4 Å². The molecule has 5 heteroatoms. The highest BCUT2D eigenvalue weighted by atomic mass is 32.2. The third-order valence-corrected chi connectivity index (χ3v) is 5.52. The molecule has 1 aromatic rings. The SMILES string of the molecule is CC1(c2ccccc2)NC(=O)CN(CC2CCSC2)C1=O. The minimum absolute atomic E-state index is 0.00481. The van der Waals surface area contributed by atoms with Crippen LogP contribution < -0.4 is 5.32 Å². The largest absolute Gasteiger partial charge is 0.337 e. The Morgan fingerprint density at radius 3 is 2.76 bits per heavy atom. The summed E-state index contributed by atoms with van der Waals surface area (Å²) < 4.78 is 0. The van der Waals surface area contributed by atoms with Crippen LogP contribution in [-0.2, 0) is 15.1 Å². The van der Waals surface area contributed by atoms with Gasteiger partial charge in [0.1, 0.15) is 5.54 Å². The van der Waals surface area contributed by atoms with Gasteiger partial charge in [-0.3, -0.25) is 9.59 Å². The Morgan fingerprint density at radius 1 is 1.33 bits per heavy atom. The molecule has 3 rings (SSSR count). The van der Waals surface area contributed by atoms with E-state index in [0.717, 1.165) is 23.5 Å². The van der Waals surface area contributed by atoms with Crippen LogP contribution in [-0.4, -0.2) is 41.3 Å². The van der Waals surface area contributed by atoms with E-state index < -0.39 is 5.54 Å². The zero-order valence-electron chi connectivity index (χ0n) is 12.2. The summed E-state index contributed by atoms with van der Waals surface area (Å²) >= 11 is 1.93. The maximum atomic E-state index is 12.9. The van der Waals surface area contributed by atoms with E-state index in [0.29, 0.717) is 12.5 Å². The number of nitrogens with zero attached hydrogens (tertiary/aromatic N) is 1. The molecule has 0 aromatic heterocycles. The van der Waals surface area contributed by atoms with Crippen LogP contribution in [0.4, 0.5) is 0 Å². The van der Waals surface area contributed by atoms with Crippen molar-refractivity contribution in [2.24, 2.45) is 5.92 Å². The summed E-state index contributed by atoms with van der Waals surface area (Å²) in [4.78, 5) is 26.7. The van der Waals surface area contributed by atoms with Gasteiger partial charge in [-0.25, -0.2) is 0 Å². The lowest BCUT2D eigenvalue weighted by atomic mass is 9.88. The van der Waals surface area contributed by atoms with E-state index in [1.54, 1.807) is 11.8 Å². The minimum atomic E-state index is -0.942. The van der Waals surface area contributed by atoms with Gasteiger partial charge in [0.25, 0.3) is 5.91 Å². The van der Waals surface area contributed by atoms with Crippen molar-refractivity contribution in [2.75, 3.05) is 24.6 Å². The average Bonchev–Trinajstić information content (AvgIpc) is 2.98. The number of thioether (sulfide) groups is 1. The Kier molecular flexibility index (Phi) is 3.93.